The van der Waals surface area contributed by atoms with Crippen molar-refractivity contribution in [3.63, 3.8) is 0 Å². The number of allylic oxidation sites excluding steroid dienone is 4. The van der Waals surface area contributed by atoms with Gasteiger partial charge in [-0.15, -0.1) is 0 Å². The van der Waals surface area contributed by atoms with Crippen molar-refractivity contribution in [1.82, 2.24) is 0 Å². The fourth-order valence-corrected chi connectivity index (χ4v) is 5.06. The number of fused-ring (bicyclic) bond motifs is 1. The molecule has 0 aromatic heterocycles. The summed E-state index contributed by atoms with van der Waals surface area (Å²) in [6.07, 6.45) is 3.58. The predicted molar refractivity (Wildman–Crippen MR) is 115 cm³/mol. The van der Waals surface area contributed by atoms with Gasteiger partial charge in [-0.1, -0.05) is 60.1 Å². The molecule has 4 nitrogen and oxygen atoms in total. The number of rotatable bonds is 2. The third kappa shape index (κ3) is 2.96. The Bertz CT molecular complexity index is 1140. The molecule has 2 aromatic rings. The zero-order valence-electron chi connectivity index (χ0n) is 16.2. The Labute approximate surface area is 181 Å². The van der Waals surface area contributed by atoms with Crippen LogP contribution < -0.4 is 5.73 Å². The van der Waals surface area contributed by atoms with Gasteiger partial charge < -0.3 is 5.73 Å². The van der Waals surface area contributed by atoms with Crippen molar-refractivity contribution in [2.24, 2.45) is 17.1 Å². The average Bonchev–Trinajstić information content (AvgIpc) is 2.79. The lowest BCUT2D eigenvalue weighted by atomic mass is 9.55. The highest BCUT2D eigenvalue weighted by molar-refractivity contribution is 6.30. The molecular weight excluding hydrogens is 392 g/mol. The van der Waals surface area contributed by atoms with Crippen LogP contribution in [-0.2, 0) is 0 Å². The SMILES string of the molecule is N#CC1=C(N)C(C#N)(C#N)[C@H](c2ccc(Cl)cc2)[C@H]2C[C@@H](c3ccccc3)CC=C12. The van der Waals surface area contributed by atoms with E-state index in [0.717, 1.165) is 24.0 Å². The molecule has 0 heterocycles. The first kappa shape index (κ1) is 19.8. The van der Waals surface area contributed by atoms with Gasteiger partial charge in [-0.25, -0.2) is 0 Å². The van der Waals surface area contributed by atoms with Gasteiger partial charge in [-0.05, 0) is 53.5 Å². The Balaban J connectivity index is 1.93. The van der Waals surface area contributed by atoms with Crippen molar-refractivity contribution in [2.75, 3.05) is 0 Å². The maximum atomic E-state index is 10.1. The highest BCUT2D eigenvalue weighted by Gasteiger charge is 2.54. The Morgan fingerprint density at radius 1 is 0.933 bits per heavy atom. The lowest BCUT2D eigenvalue weighted by Gasteiger charge is -2.45. The van der Waals surface area contributed by atoms with Crippen LogP contribution in [0.5, 0.6) is 0 Å². The highest BCUT2D eigenvalue weighted by Crippen LogP contribution is 2.57. The number of nitrogens with two attached hydrogens (primary N) is 1. The van der Waals surface area contributed by atoms with E-state index in [2.05, 4.69) is 36.4 Å². The van der Waals surface area contributed by atoms with Gasteiger partial charge >= 0.3 is 0 Å². The molecule has 0 saturated carbocycles. The van der Waals surface area contributed by atoms with Crippen LogP contribution in [0.25, 0.3) is 0 Å². The van der Waals surface area contributed by atoms with Crippen LogP contribution in [-0.4, -0.2) is 0 Å². The molecule has 2 aliphatic carbocycles. The van der Waals surface area contributed by atoms with Gasteiger partial charge in [-0.2, -0.15) is 15.8 Å². The van der Waals surface area contributed by atoms with Crippen LogP contribution in [0, 0.1) is 45.3 Å². The molecule has 0 bridgehead atoms. The first-order chi connectivity index (χ1) is 14.6. The maximum absolute atomic E-state index is 10.1. The van der Waals surface area contributed by atoms with Crippen LogP contribution in [0.2, 0.25) is 5.02 Å². The van der Waals surface area contributed by atoms with Crippen molar-refractivity contribution in [2.45, 2.75) is 24.7 Å². The van der Waals surface area contributed by atoms with E-state index >= 15 is 0 Å². The highest BCUT2D eigenvalue weighted by atomic mass is 35.5. The minimum absolute atomic E-state index is 0.0515. The molecule has 3 atom stereocenters. The molecule has 0 amide bonds. The first-order valence-corrected chi connectivity index (χ1v) is 10.2. The number of hydrogen-bond donors (Lipinski definition) is 1. The smallest absolute Gasteiger partial charge is 0.191 e. The van der Waals surface area contributed by atoms with Gasteiger partial charge in [0, 0.05) is 10.9 Å². The molecule has 0 radical (unpaired) electrons. The quantitative estimate of drug-likeness (QED) is 0.723. The van der Waals surface area contributed by atoms with E-state index in [1.807, 2.05) is 30.3 Å². The van der Waals surface area contributed by atoms with Gasteiger partial charge in [0.25, 0.3) is 0 Å². The molecule has 0 aliphatic heterocycles. The van der Waals surface area contributed by atoms with E-state index < -0.39 is 11.3 Å². The largest absolute Gasteiger partial charge is 0.399 e. The summed E-state index contributed by atoms with van der Waals surface area (Å²) in [5.74, 6) is -0.421. The zero-order valence-corrected chi connectivity index (χ0v) is 17.0. The van der Waals surface area contributed by atoms with E-state index in [0.29, 0.717) is 5.02 Å². The van der Waals surface area contributed by atoms with Crippen LogP contribution in [0.4, 0.5) is 0 Å². The number of nitriles is 3. The molecule has 0 saturated heterocycles. The summed E-state index contributed by atoms with van der Waals surface area (Å²) in [4.78, 5) is 0. The molecule has 30 heavy (non-hydrogen) atoms. The lowest BCUT2D eigenvalue weighted by molar-refractivity contribution is 0.303. The Morgan fingerprint density at radius 2 is 1.60 bits per heavy atom. The maximum Gasteiger partial charge on any atom is 0.191 e. The van der Waals surface area contributed by atoms with E-state index in [9.17, 15) is 15.8 Å². The standard InChI is InChI=1S/C25H19ClN4/c26-19-9-6-17(7-10-19)23-21-12-18(16-4-2-1-3-5-16)8-11-20(21)22(13-27)24(30)25(23,14-28)15-29/h1-7,9-11,18,21,23H,8,12,30H2/t18-,21-,23+/m0/s1. The Kier molecular flexibility index (Phi) is 5.09. The molecule has 0 fully saturated rings. The Hall–Kier alpha value is -3.52. The molecular formula is C25H19ClN4. The molecule has 0 spiro atoms. The molecule has 2 aromatic carbocycles. The molecule has 5 heteroatoms. The normalized spacial score (nSPS) is 24.6. The van der Waals surface area contributed by atoms with Crippen molar-refractivity contribution in [3.05, 3.63) is 93.7 Å². The zero-order chi connectivity index (χ0) is 21.3. The summed E-state index contributed by atoms with van der Waals surface area (Å²) in [6.45, 7) is 0. The molecule has 2 N–H and O–H groups in total. The van der Waals surface area contributed by atoms with Crippen molar-refractivity contribution < 1.29 is 0 Å². The monoisotopic (exact) mass is 410 g/mol. The minimum Gasteiger partial charge on any atom is -0.399 e. The third-order valence-corrected chi connectivity index (χ3v) is 6.63. The number of benzene rings is 2. The second-order valence-corrected chi connectivity index (χ2v) is 8.24. The van der Waals surface area contributed by atoms with Gasteiger partial charge in [0.2, 0.25) is 0 Å². The Morgan fingerprint density at radius 3 is 2.20 bits per heavy atom. The summed E-state index contributed by atoms with van der Waals surface area (Å²) in [7, 11) is 0. The molecule has 146 valence electrons. The van der Waals surface area contributed by atoms with Gasteiger partial charge in [0.15, 0.2) is 5.41 Å². The summed E-state index contributed by atoms with van der Waals surface area (Å²) < 4.78 is 0. The van der Waals surface area contributed by atoms with E-state index in [4.69, 9.17) is 17.3 Å². The third-order valence-electron chi connectivity index (χ3n) is 6.38. The summed E-state index contributed by atoms with van der Waals surface area (Å²) in [5, 5.41) is 30.7. The van der Waals surface area contributed by atoms with Gasteiger partial charge in [0.1, 0.15) is 6.07 Å². The van der Waals surface area contributed by atoms with Crippen molar-refractivity contribution in [3.8, 4) is 18.2 Å². The first-order valence-electron chi connectivity index (χ1n) is 9.79. The van der Waals surface area contributed by atoms with Gasteiger partial charge in [0.05, 0.1) is 23.4 Å². The number of halogens is 1. The van der Waals surface area contributed by atoms with Crippen LogP contribution in [0.1, 0.15) is 35.8 Å². The minimum atomic E-state index is -1.61. The fraction of sp³-hybridized carbons (Fsp3) is 0.240. The second-order valence-electron chi connectivity index (χ2n) is 7.81. The van der Waals surface area contributed by atoms with Crippen LogP contribution in [0.3, 0.4) is 0 Å². The van der Waals surface area contributed by atoms with Crippen molar-refractivity contribution >= 4 is 11.6 Å². The molecule has 0 unspecified atom stereocenters. The van der Waals surface area contributed by atoms with Crippen LogP contribution >= 0.6 is 11.6 Å². The van der Waals surface area contributed by atoms with Crippen LogP contribution in [0.15, 0.2) is 77.5 Å². The van der Waals surface area contributed by atoms with E-state index in [1.165, 1.54) is 5.56 Å². The fourth-order valence-electron chi connectivity index (χ4n) is 4.93. The van der Waals surface area contributed by atoms with Gasteiger partial charge in [-0.3, -0.25) is 0 Å². The number of hydrogen-bond acceptors (Lipinski definition) is 4. The lowest BCUT2D eigenvalue weighted by Crippen LogP contribution is -2.43. The summed E-state index contributed by atoms with van der Waals surface area (Å²) >= 11 is 6.09. The summed E-state index contributed by atoms with van der Waals surface area (Å²) in [5.41, 5.74) is 7.95. The van der Waals surface area contributed by atoms with Crippen molar-refractivity contribution in [1.29, 1.82) is 15.8 Å². The van der Waals surface area contributed by atoms with E-state index in [1.54, 1.807) is 12.1 Å². The molecule has 2 aliphatic rings. The predicted octanol–water partition coefficient (Wildman–Crippen LogP) is 5.33. The van der Waals surface area contributed by atoms with E-state index in [-0.39, 0.29) is 23.1 Å². The average molecular weight is 411 g/mol. The number of nitrogens with zero attached hydrogens (tertiary/aromatic N) is 3. The summed E-state index contributed by atoms with van der Waals surface area (Å²) in [6, 6.07) is 24.0. The topological polar surface area (TPSA) is 97.4 Å². The molecule has 4 rings (SSSR count). The second kappa shape index (κ2) is 7.72.